The first kappa shape index (κ1) is 11.5. The molecule has 0 heterocycles. The van der Waals surface area contributed by atoms with Crippen molar-refractivity contribution in [1.29, 1.82) is 0 Å². The van der Waals surface area contributed by atoms with E-state index in [9.17, 15) is 9.59 Å². The molecule has 0 aromatic heterocycles. The van der Waals surface area contributed by atoms with E-state index in [1.54, 1.807) is 0 Å². The van der Waals surface area contributed by atoms with E-state index in [4.69, 9.17) is 11.5 Å². The molecule has 1 amide bonds. The summed E-state index contributed by atoms with van der Waals surface area (Å²) in [4.78, 5) is 22.8. The fourth-order valence-corrected chi connectivity index (χ4v) is 0.928. The van der Waals surface area contributed by atoms with Crippen molar-refractivity contribution in [3.05, 3.63) is 0 Å². The highest BCUT2D eigenvalue weighted by molar-refractivity contribution is 5.95. The maximum Gasteiger partial charge on any atom is 0.326 e. The van der Waals surface area contributed by atoms with Gasteiger partial charge in [0, 0.05) is 6.54 Å². The van der Waals surface area contributed by atoms with Crippen LogP contribution in [0.4, 0.5) is 0 Å². The lowest BCUT2D eigenvalue weighted by molar-refractivity contribution is -0.147. The fraction of sp³-hybridized carbons (Fsp3) is 0.556. The summed E-state index contributed by atoms with van der Waals surface area (Å²) >= 11 is 0. The molecule has 0 spiro atoms. The van der Waals surface area contributed by atoms with Crippen molar-refractivity contribution in [2.75, 3.05) is 6.54 Å². The van der Waals surface area contributed by atoms with Gasteiger partial charge in [-0.3, -0.25) is 4.79 Å². The molecule has 0 saturated carbocycles. The molecule has 0 bridgehead atoms. The van der Waals surface area contributed by atoms with Gasteiger partial charge in [0.05, 0.1) is 0 Å². The number of hydrogen-bond acceptors (Lipinski definition) is 2. The molecule has 72 valence electrons. The summed E-state index contributed by atoms with van der Waals surface area (Å²) in [6.45, 7) is 3.66. The molecule has 0 aliphatic carbocycles. The average Bonchev–Trinajstić information content (AvgIpc) is 2.11. The Hall–Kier alpha value is -1.50. The largest absolute Gasteiger partial charge is 0.480 e. The number of carboxylic acids is 1. The lowest BCUT2D eigenvalue weighted by Crippen LogP contribution is -2.43. The zero-order chi connectivity index (χ0) is 10.4. The van der Waals surface area contributed by atoms with Crippen LogP contribution in [0.3, 0.4) is 0 Å². The number of carbonyl (C=O) groups is 2. The summed E-state index contributed by atoms with van der Waals surface area (Å²) in [6, 6.07) is -0.858. The van der Waals surface area contributed by atoms with Crippen LogP contribution in [-0.4, -0.2) is 34.5 Å². The van der Waals surface area contributed by atoms with Gasteiger partial charge in [-0.05, 0) is 19.3 Å². The molecule has 0 radical (unpaired) electrons. The molecule has 0 aliphatic heterocycles. The van der Waals surface area contributed by atoms with Crippen molar-refractivity contribution in [2.45, 2.75) is 26.3 Å². The van der Waals surface area contributed by atoms with Crippen LogP contribution in [0.1, 0.15) is 20.3 Å². The molecule has 0 unspecified atom stereocenters. The van der Waals surface area contributed by atoms with E-state index < -0.39 is 17.9 Å². The lowest BCUT2D eigenvalue weighted by atomic mass is 10.2. The SMILES string of the molecule is C#CC(=O)N(CCC)[C@@H](C)C(=O)O. The third kappa shape index (κ3) is 3.16. The number of carbonyl (C=O) groups excluding carboxylic acids is 1. The van der Waals surface area contributed by atoms with Crippen LogP contribution in [-0.2, 0) is 9.59 Å². The van der Waals surface area contributed by atoms with Gasteiger partial charge in [-0.15, -0.1) is 6.42 Å². The van der Waals surface area contributed by atoms with Crippen LogP contribution in [0, 0.1) is 12.3 Å². The molecule has 0 rings (SSSR count). The molecule has 4 heteroatoms. The Balaban J connectivity index is 4.52. The predicted octanol–water partition coefficient (Wildman–Crippen LogP) is 0.331. The van der Waals surface area contributed by atoms with E-state index in [2.05, 4.69) is 0 Å². The van der Waals surface area contributed by atoms with Gasteiger partial charge < -0.3 is 10.0 Å². The van der Waals surface area contributed by atoms with E-state index in [-0.39, 0.29) is 0 Å². The maximum absolute atomic E-state index is 11.1. The Morgan fingerprint density at radius 1 is 1.62 bits per heavy atom. The highest BCUT2D eigenvalue weighted by Gasteiger charge is 2.23. The van der Waals surface area contributed by atoms with Gasteiger partial charge in [-0.2, -0.15) is 0 Å². The van der Waals surface area contributed by atoms with Crippen molar-refractivity contribution in [1.82, 2.24) is 4.90 Å². The average molecular weight is 183 g/mol. The lowest BCUT2D eigenvalue weighted by Gasteiger charge is -2.23. The third-order valence-corrected chi connectivity index (χ3v) is 1.67. The smallest absolute Gasteiger partial charge is 0.326 e. The second kappa shape index (κ2) is 5.20. The minimum atomic E-state index is -1.04. The number of carboxylic acid groups (broad SMARTS) is 1. The van der Waals surface area contributed by atoms with E-state index in [1.807, 2.05) is 12.8 Å². The van der Waals surface area contributed by atoms with Crippen LogP contribution in [0.25, 0.3) is 0 Å². The second-order valence-electron chi connectivity index (χ2n) is 2.66. The molecular weight excluding hydrogens is 170 g/mol. The van der Waals surface area contributed by atoms with Crippen LogP contribution >= 0.6 is 0 Å². The summed E-state index contributed by atoms with van der Waals surface area (Å²) in [5.74, 6) is 0.292. The summed E-state index contributed by atoms with van der Waals surface area (Å²) in [5, 5.41) is 8.66. The van der Waals surface area contributed by atoms with Gasteiger partial charge in [-0.25, -0.2) is 4.79 Å². The zero-order valence-electron chi connectivity index (χ0n) is 7.78. The van der Waals surface area contributed by atoms with Gasteiger partial charge in [0.25, 0.3) is 5.91 Å². The summed E-state index contributed by atoms with van der Waals surface area (Å²) in [7, 11) is 0. The molecule has 4 nitrogen and oxygen atoms in total. The first-order valence-electron chi connectivity index (χ1n) is 4.04. The van der Waals surface area contributed by atoms with Crippen molar-refractivity contribution >= 4 is 11.9 Å². The van der Waals surface area contributed by atoms with E-state index in [0.29, 0.717) is 13.0 Å². The normalized spacial score (nSPS) is 11.5. The molecular formula is C9H13NO3. The summed E-state index contributed by atoms with van der Waals surface area (Å²) in [5.41, 5.74) is 0. The van der Waals surface area contributed by atoms with Crippen molar-refractivity contribution in [3.8, 4) is 12.3 Å². The van der Waals surface area contributed by atoms with Crippen molar-refractivity contribution in [3.63, 3.8) is 0 Å². The van der Waals surface area contributed by atoms with Gasteiger partial charge in [0.1, 0.15) is 6.04 Å². The van der Waals surface area contributed by atoms with Gasteiger partial charge in [0.15, 0.2) is 0 Å². The predicted molar refractivity (Wildman–Crippen MR) is 47.9 cm³/mol. The van der Waals surface area contributed by atoms with Crippen LogP contribution < -0.4 is 0 Å². The third-order valence-electron chi connectivity index (χ3n) is 1.67. The molecule has 0 saturated heterocycles. The van der Waals surface area contributed by atoms with Crippen molar-refractivity contribution in [2.24, 2.45) is 0 Å². The summed E-state index contributed by atoms with van der Waals surface area (Å²) < 4.78 is 0. The number of terminal acetylenes is 1. The number of hydrogen-bond donors (Lipinski definition) is 1. The minimum Gasteiger partial charge on any atom is -0.480 e. The summed E-state index contributed by atoms with van der Waals surface area (Å²) in [6.07, 6.45) is 5.59. The molecule has 0 aromatic rings. The molecule has 0 aromatic carbocycles. The van der Waals surface area contributed by atoms with Gasteiger partial charge >= 0.3 is 5.97 Å². The highest BCUT2D eigenvalue weighted by atomic mass is 16.4. The van der Waals surface area contributed by atoms with Crippen molar-refractivity contribution < 1.29 is 14.7 Å². The monoisotopic (exact) mass is 183 g/mol. The Bertz CT molecular complexity index is 242. The number of rotatable bonds is 4. The molecule has 13 heavy (non-hydrogen) atoms. The van der Waals surface area contributed by atoms with Gasteiger partial charge in [-0.1, -0.05) is 6.92 Å². The minimum absolute atomic E-state index is 0.372. The quantitative estimate of drug-likeness (QED) is 0.639. The fourth-order valence-electron chi connectivity index (χ4n) is 0.928. The Labute approximate surface area is 77.5 Å². The molecule has 1 N–H and O–H groups in total. The topological polar surface area (TPSA) is 57.6 Å². The number of nitrogens with zero attached hydrogens (tertiary/aromatic N) is 1. The second-order valence-corrected chi connectivity index (χ2v) is 2.66. The Kier molecular flexibility index (Phi) is 4.60. The first-order chi connectivity index (χ1) is 6.04. The van der Waals surface area contributed by atoms with E-state index in [0.717, 1.165) is 0 Å². The number of amides is 1. The van der Waals surface area contributed by atoms with Gasteiger partial charge in [0.2, 0.25) is 0 Å². The van der Waals surface area contributed by atoms with Crippen LogP contribution in [0.15, 0.2) is 0 Å². The highest BCUT2D eigenvalue weighted by Crippen LogP contribution is 2.01. The molecule has 0 aliphatic rings. The molecule has 0 fully saturated rings. The maximum atomic E-state index is 11.1. The van der Waals surface area contributed by atoms with Crippen LogP contribution in [0.5, 0.6) is 0 Å². The first-order valence-corrected chi connectivity index (χ1v) is 4.04. The molecule has 1 atom stereocenters. The standard InChI is InChI=1S/C9H13NO3/c1-4-6-10(8(11)5-2)7(3)9(12)13/h2,7H,4,6H2,1,3H3,(H,12,13)/t7-/m0/s1. The Morgan fingerprint density at radius 2 is 2.15 bits per heavy atom. The Morgan fingerprint density at radius 3 is 2.46 bits per heavy atom. The number of aliphatic carboxylic acids is 1. The van der Waals surface area contributed by atoms with E-state index >= 15 is 0 Å². The van der Waals surface area contributed by atoms with E-state index in [1.165, 1.54) is 11.8 Å². The van der Waals surface area contributed by atoms with Crippen LogP contribution in [0.2, 0.25) is 0 Å². The zero-order valence-corrected chi connectivity index (χ0v) is 7.78.